The number of rotatable bonds is 6. The second kappa shape index (κ2) is 8.88. The molecular formula is C24H25F3N2O. The molecule has 0 fully saturated rings. The van der Waals surface area contributed by atoms with Gasteiger partial charge in [0.2, 0.25) is 0 Å². The number of benzene rings is 3. The van der Waals surface area contributed by atoms with Crippen LogP contribution in [0.1, 0.15) is 29.3 Å². The second-order valence-electron chi connectivity index (χ2n) is 7.78. The predicted molar refractivity (Wildman–Crippen MR) is 114 cm³/mol. The van der Waals surface area contributed by atoms with Crippen LogP contribution in [0.25, 0.3) is 21.9 Å². The van der Waals surface area contributed by atoms with Gasteiger partial charge in [0.1, 0.15) is 0 Å². The van der Waals surface area contributed by atoms with E-state index in [9.17, 15) is 18.0 Å². The molecule has 0 bridgehead atoms. The van der Waals surface area contributed by atoms with Gasteiger partial charge >= 0.3 is 6.18 Å². The standard InChI is InChI=1S/C24H25F3N2O/c1-16(13-14-29(2)3)28-23(30)19-9-12-22-18(15-19)5-4-6-21(22)17-7-10-20(11-8-17)24(25,26)27/h4-12,15-16H,13-14H2,1-3H3,(H,28,30)/t16-/m1/s1. The fourth-order valence-electron chi connectivity index (χ4n) is 3.35. The van der Waals surface area contributed by atoms with Crippen molar-refractivity contribution in [2.45, 2.75) is 25.6 Å². The van der Waals surface area contributed by atoms with Gasteiger partial charge in [-0.1, -0.05) is 36.4 Å². The van der Waals surface area contributed by atoms with Gasteiger partial charge < -0.3 is 10.2 Å². The number of nitrogens with zero attached hydrogens (tertiary/aromatic N) is 1. The molecule has 158 valence electrons. The normalized spacial score (nSPS) is 12.9. The van der Waals surface area contributed by atoms with Gasteiger partial charge in [0.25, 0.3) is 5.91 Å². The van der Waals surface area contributed by atoms with Crippen LogP contribution in [-0.2, 0) is 6.18 Å². The molecule has 0 aromatic heterocycles. The predicted octanol–water partition coefficient (Wildman–Crippen LogP) is 5.60. The van der Waals surface area contributed by atoms with Gasteiger partial charge in [0, 0.05) is 11.6 Å². The molecule has 3 rings (SSSR count). The first-order valence-electron chi connectivity index (χ1n) is 9.81. The minimum atomic E-state index is -4.36. The Bertz CT molecular complexity index is 1030. The summed E-state index contributed by atoms with van der Waals surface area (Å²) in [7, 11) is 3.98. The largest absolute Gasteiger partial charge is 0.416 e. The minimum Gasteiger partial charge on any atom is -0.350 e. The molecule has 0 radical (unpaired) electrons. The van der Waals surface area contributed by atoms with Crippen molar-refractivity contribution in [1.29, 1.82) is 0 Å². The Kier molecular flexibility index (Phi) is 6.46. The molecule has 3 aromatic rings. The summed E-state index contributed by atoms with van der Waals surface area (Å²) in [5.74, 6) is -0.136. The minimum absolute atomic E-state index is 0.0501. The first-order chi connectivity index (χ1) is 14.1. The average molecular weight is 414 g/mol. The third-order valence-corrected chi connectivity index (χ3v) is 5.05. The molecule has 3 nitrogen and oxygen atoms in total. The number of alkyl halides is 3. The zero-order valence-electron chi connectivity index (χ0n) is 17.3. The van der Waals surface area contributed by atoms with Crippen LogP contribution < -0.4 is 5.32 Å². The Morgan fingerprint density at radius 3 is 2.37 bits per heavy atom. The van der Waals surface area contributed by atoms with E-state index in [1.807, 2.05) is 51.4 Å². The Hall–Kier alpha value is -2.86. The van der Waals surface area contributed by atoms with Crippen molar-refractivity contribution >= 4 is 16.7 Å². The van der Waals surface area contributed by atoms with Crippen LogP contribution >= 0.6 is 0 Å². The third kappa shape index (κ3) is 5.19. The van der Waals surface area contributed by atoms with Crippen LogP contribution in [-0.4, -0.2) is 37.5 Å². The molecule has 6 heteroatoms. The van der Waals surface area contributed by atoms with Crippen molar-refractivity contribution in [3.63, 3.8) is 0 Å². The van der Waals surface area contributed by atoms with E-state index in [0.29, 0.717) is 11.1 Å². The molecule has 0 saturated heterocycles. The van der Waals surface area contributed by atoms with Crippen LogP contribution in [0.15, 0.2) is 60.7 Å². The molecule has 1 amide bonds. The Morgan fingerprint density at radius 1 is 1.03 bits per heavy atom. The summed E-state index contributed by atoms with van der Waals surface area (Å²) in [6.07, 6.45) is -3.51. The molecule has 0 aliphatic carbocycles. The van der Waals surface area contributed by atoms with E-state index in [-0.39, 0.29) is 11.9 Å². The number of halogens is 3. The molecule has 0 unspecified atom stereocenters. The van der Waals surface area contributed by atoms with Crippen LogP contribution in [0.5, 0.6) is 0 Å². The number of nitrogens with one attached hydrogen (secondary N) is 1. The first-order valence-corrected chi connectivity index (χ1v) is 9.81. The topological polar surface area (TPSA) is 32.3 Å². The average Bonchev–Trinajstić information content (AvgIpc) is 2.70. The number of hydrogen-bond donors (Lipinski definition) is 1. The maximum absolute atomic E-state index is 12.8. The van der Waals surface area contributed by atoms with E-state index >= 15 is 0 Å². The van der Waals surface area contributed by atoms with E-state index in [1.54, 1.807) is 6.07 Å². The Labute approximate surface area is 174 Å². The summed E-state index contributed by atoms with van der Waals surface area (Å²) >= 11 is 0. The maximum Gasteiger partial charge on any atom is 0.416 e. The Balaban J connectivity index is 1.84. The second-order valence-corrected chi connectivity index (χ2v) is 7.78. The first kappa shape index (κ1) is 21.8. The van der Waals surface area contributed by atoms with E-state index in [2.05, 4.69) is 10.2 Å². The molecule has 0 spiro atoms. The lowest BCUT2D eigenvalue weighted by Gasteiger charge is -2.17. The highest BCUT2D eigenvalue weighted by Gasteiger charge is 2.30. The van der Waals surface area contributed by atoms with Crippen LogP contribution in [0.2, 0.25) is 0 Å². The van der Waals surface area contributed by atoms with Crippen molar-refractivity contribution < 1.29 is 18.0 Å². The van der Waals surface area contributed by atoms with E-state index in [1.165, 1.54) is 12.1 Å². The van der Waals surface area contributed by atoms with Gasteiger partial charge in [-0.2, -0.15) is 13.2 Å². The number of hydrogen-bond acceptors (Lipinski definition) is 2. The highest BCUT2D eigenvalue weighted by molar-refractivity contribution is 6.02. The molecular weight excluding hydrogens is 389 g/mol. The summed E-state index contributed by atoms with van der Waals surface area (Å²) < 4.78 is 38.5. The molecule has 0 aliphatic rings. The van der Waals surface area contributed by atoms with Crippen molar-refractivity contribution in [2.75, 3.05) is 20.6 Å². The quantitative estimate of drug-likeness (QED) is 0.570. The highest BCUT2D eigenvalue weighted by atomic mass is 19.4. The lowest BCUT2D eigenvalue weighted by atomic mass is 9.96. The SMILES string of the molecule is C[C@H](CCN(C)C)NC(=O)c1ccc2c(-c3ccc(C(F)(F)F)cc3)cccc2c1. The lowest BCUT2D eigenvalue weighted by molar-refractivity contribution is -0.137. The maximum atomic E-state index is 12.8. The monoisotopic (exact) mass is 414 g/mol. The van der Waals surface area contributed by atoms with Gasteiger partial charge in [-0.15, -0.1) is 0 Å². The molecule has 1 N–H and O–H groups in total. The molecule has 30 heavy (non-hydrogen) atoms. The van der Waals surface area contributed by atoms with E-state index < -0.39 is 11.7 Å². The van der Waals surface area contributed by atoms with E-state index in [4.69, 9.17) is 0 Å². The number of amides is 1. The number of carbonyl (C=O) groups is 1. The zero-order chi connectivity index (χ0) is 21.9. The third-order valence-electron chi connectivity index (χ3n) is 5.05. The fraction of sp³-hybridized carbons (Fsp3) is 0.292. The van der Waals surface area contributed by atoms with Crippen molar-refractivity contribution in [3.05, 3.63) is 71.8 Å². The van der Waals surface area contributed by atoms with Crippen LogP contribution in [0, 0.1) is 0 Å². The smallest absolute Gasteiger partial charge is 0.350 e. The van der Waals surface area contributed by atoms with Gasteiger partial charge in [-0.05, 0) is 80.1 Å². The van der Waals surface area contributed by atoms with Gasteiger partial charge in [-0.25, -0.2) is 0 Å². The summed E-state index contributed by atoms with van der Waals surface area (Å²) in [5.41, 5.74) is 1.41. The molecule has 1 atom stereocenters. The van der Waals surface area contributed by atoms with E-state index in [0.717, 1.165) is 41.4 Å². The molecule has 0 saturated carbocycles. The van der Waals surface area contributed by atoms with Crippen molar-refractivity contribution in [3.8, 4) is 11.1 Å². The molecule has 0 aliphatic heterocycles. The highest BCUT2D eigenvalue weighted by Crippen LogP contribution is 2.33. The molecule has 3 aromatic carbocycles. The van der Waals surface area contributed by atoms with Crippen LogP contribution in [0.3, 0.4) is 0 Å². The Morgan fingerprint density at radius 2 is 1.73 bits per heavy atom. The lowest BCUT2D eigenvalue weighted by Crippen LogP contribution is -2.34. The summed E-state index contributed by atoms with van der Waals surface area (Å²) in [6, 6.07) is 16.2. The van der Waals surface area contributed by atoms with Crippen molar-refractivity contribution in [1.82, 2.24) is 10.2 Å². The van der Waals surface area contributed by atoms with Gasteiger partial charge in [-0.3, -0.25) is 4.79 Å². The fourth-order valence-corrected chi connectivity index (χ4v) is 3.35. The summed E-state index contributed by atoms with van der Waals surface area (Å²) in [4.78, 5) is 14.7. The number of carbonyl (C=O) groups excluding carboxylic acids is 1. The van der Waals surface area contributed by atoms with Crippen molar-refractivity contribution in [2.24, 2.45) is 0 Å². The summed E-state index contributed by atoms with van der Waals surface area (Å²) in [5, 5.41) is 4.76. The van der Waals surface area contributed by atoms with Crippen LogP contribution in [0.4, 0.5) is 13.2 Å². The molecule has 0 heterocycles. The zero-order valence-corrected chi connectivity index (χ0v) is 17.3. The van der Waals surface area contributed by atoms with Gasteiger partial charge in [0.15, 0.2) is 0 Å². The van der Waals surface area contributed by atoms with Gasteiger partial charge in [0.05, 0.1) is 5.56 Å². The number of fused-ring (bicyclic) bond motifs is 1. The summed E-state index contributed by atoms with van der Waals surface area (Å²) in [6.45, 7) is 2.86.